The summed E-state index contributed by atoms with van der Waals surface area (Å²) < 4.78 is 28.0. The molecule has 4 heteroatoms. The molecule has 0 aromatic heterocycles. The number of hydrogen-bond acceptors (Lipinski definition) is 1. The maximum atomic E-state index is 13.9. The molecule has 19 heavy (non-hydrogen) atoms. The Morgan fingerprint density at radius 1 is 1.26 bits per heavy atom. The Hall–Kier alpha value is -0.480. The molecule has 0 bridgehead atoms. The predicted octanol–water partition coefficient (Wildman–Crippen LogP) is 4.30. The van der Waals surface area contributed by atoms with Crippen molar-refractivity contribution in [3.8, 4) is 0 Å². The van der Waals surface area contributed by atoms with Crippen molar-refractivity contribution < 1.29 is 8.78 Å². The number of halogens is 3. The van der Waals surface area contributed by atoms with E-state index in [2.05, 4.69) is 28.2 Å². The largest absolute Gasteiger partial charge is 0.316 e. The van der Waals surface area contributed by atoms with Gasteiger partial charge in [0.2, 0.25) is 0 Å². The van der Waals surface area contributed by atoms with Crippen molar-refractivity contribution in [2.45, 2.75) is 32.6 Å². The van der Waals surface area contributed by atoms with E-state index >= 15 is 0 Å². The Balaban J connectivity index is 1.96. The normalized spacial score (nSPS) is 22.3. The highest BCUT2D eigenvalue weighted by Gasteiger charge is 2.32. The maximum absolute atomic E-state index is 13.9. The first-order chi connectivity index (χ1) is 9.13. The van der Waals surface area contributed by atoms with Crippen LogP contribution in [0.4, 0.5) is 8.78 Å². The van der Waals surface area contributed by atoms with Gasteiger partial charge in [0.15, 0.2) is 0 Å². The van der Waals surface area contributed by atoms with E-state index in [1.807, 2.05) is 0 Å². The lowest BCUT2D eigenvalue weighted by Gasteiger charge is -2.37. The van der Waals surface area contributed by atoms with Crippen LogP contribution in [0.25, 0.3) is 0 Å². The first-order valence-electron chi connectivity index (χ1n) is 6.96. The molecule has 1 fully saturated rings. The van der Waals surface area contributed by atoms with Gasteiger partial charge in [-0.2, -0.15) is 0 Å². The molecule has 1 aliphatic rings. The van der Waals surface area contributed by atoms with Gasteiger partial charge < -0.3 is 5.32 Å². The van der Waals surface area contributed by atoms with Crippen LogP contribution < -0.4 is 5.32 Å². The number of hydrogen-bond donors (Lipinski definition) is 1. The van der Waals surface area contributed by atoms with Crippen molar-refractivity contribution in [2.24, 2.45) is 11.8 Å². The molecule has 0 saturated heterocycles. The summed E-state index contributed by atoms with van der Waals surface area (Å²) in [7, 11) is 0. The van der Waals surface area contributed by atoms with Gasteiger partial charge in [0.1, 0.15) is 11.6 Å². The highest BCUT2D eigenvalue weighted by atomic mass is 79.9. The molecule has 0 amide bonds. The van der Waals surface area contributed by atoms with Crippen LogP contribution in [0.3, 0.4) is 0 Å². The molecule has 1 nitrogen and oxygen atoms in total. The van der Waals surface area contributed by atoms with Gasteiger partial charge >= 0.3 is 0 Å². The first kappa shape index (κ1) is 14.9. The third kappa shape index (κ3) is 3.54. The molecular weight excluding hydrogens is 312 g/mol. The molecule has 1 aromatic carbocycles. The average molecular weight is 332 g/mol. The predicted molar refractivity (Wildman–Crippen MR) is 77.1 cm³/mol. The minimum Gasteiger partial charge on any atom is -0.316 e. The van der Waals surface area contributed by atoms with Crippen molar-refractivity contribution in [1.29, 1.82) is 0 Å². The lowest BCUT2D eigenvalue weighted by atomic mass is 9.70. The molecule has 1 aromatic rings. The summed E-state index contributed by atoms with van der Waals surface area (Å²) in [6.45, 7) is 4.12. The average Bonchev–Trinajstić information content (AvgIpc) is 2.38. The standard InChI is InChI=1S/C15H20BrF2N/c1-2-7-19-9-11-4-3-10(11)8-12-14(17)6-5-13(16)15(12)18/h5-6,10-11,19H,2-4,7-9H2,1H3. The topological polar surface area (TPSA) is 12.0 Å². The van der Waals surface area contributed by atoms with Crippen LogP contribution in [0.2, 0.25) is 0 Å². The Bertz CT molecular complexity index is 436. The van der Waals surface area contributed by atoms with Crippen molar-refractivity contribution in [2.75, 3.05) is 13.1 Å². The van der Waals surface area contributed by atoms with Crippen molar-refractivity contribution in [3.05, 3.63) is 33.8 Å². The number of benzene rings is 1. The van der Waals surface area contributed by atoms with Crippen molar-refractivity contribution in [3.63, 3.8) is 0 Å². The van der Waals surface area contributed by atoms with E-state index in [1.54, 1.807) is 0 Å². The highest BCUT2D eigenvalue weighted by molar-refractivity contribution is 9.10. The molecule has 0 heterocycles. The van der Waals surface area contributed by atoms with E-state index in [4.69, 9.17) is 0 Å². The van der Waals surface area contributed by atoms with E-state index in [-0.39, 0.29) is 5.56 Å². The molecular formula is C15H20BrF2N. The molecule has 2 unspecified atom stereocenters. The summed E-state index contributed by atoms with van der Waals surface area (Å²) in [5, 5.41) is 3.40. The number of rotatable bonds is 6. The second-order valence-corrected chi connectivity index (χ2v) is 6.18. The molecule has 1 N–H and O–H groups in total. The zero-order valence-corrected chi connectivity index (χ0v) is 12.8. The fourth-order valence-electron chi connectivity index (χ4n) is 2.66. The first-order valence-corrected chi connectivity index (χ1v) is 7.75. The summed E-state index contributed by atoms with van der Waals surface area (Å²) in [4.78, 5) is 0. The van der Waals surface area contributed by atoms with E-state index in [1.165, 1.54) is 18.6 Å². The molecule has 2 rings (SSSR count). The number of nitrogens with one attached hydrogen (secondary N) is 1. The molecule has 1 aliphatic carbocycles. The molecule has 0 spiro atoms. The Labute approximate surface area is 121 Å². The zero-order valence-electron chi connectivity index (χ0n) is 11.2. The Morgan fingerprint density at radius 3 is 2.63 bits per heavy atom. The highest BCUT2D eigenvalue weighted by Crippen LogP contribution is 2.38. The summed E-state index contributed by atoms with van der Waals surface area (Å²) in [5.74, 6) is 0.104. The minimum atomic E-state index is -0.438. The summed E-state index contributed by atoms with van der Waals surface area (Å²) in [6.07, 6.45) is 3.87. The van der Waals surface area contributed by atoms with Gasteiger partial charge in [-0.25, -0.2) is 8.78 Å². The third-order valence-electron chi connectivity index (χ3n) is 4.01. The van der Waals surface area contributed by atoms with Crippen LogP contribution >= 0.6 is 15.9 Å². The summed E-state index contributed by atoms with van der Waals surface area (Å²) in [6, 6.07) is 2.76. The maximum Gasteiger partial charge on any atom is 0.143 e. The van der Waals surface area contributed by atoms with E-state index in [0.717, 1.165) is 25.9 Å². The van der Waals surface area contributed by atoms with Crippen LogP contribution in [0.5, 0.6) is 0 Å². The second-order valence-electron chi connectivity index (χ2n) is 5.33. The van der Waals surface area contributed by atoms with E-state index < -0.39 is 11.6 Å². The quantitative estimate of drug-likeness (QED) is 0.605. The fourth-order valence-corrected chi connectivity index (χ4v) is 3.03. The third-order valence-corrected chi connectivity index (χ3v) is 4.63. The monoisotopic (exact) mass is 331 g/mol. The van der Waals surface area contributed by atoms with Crippen LogP contribution in [0.1, 0.15) is 31.7 Å². The van der Waals surface area contributed by atoms with Crippen molar-refractivity contribution >= 4 is 15.9 Å². The Kier molecular flexibility index (Phi) is 5.34. The van der Waals surface area contributed by atoms with Gasteiger partial charge in [-0.05, 0) is 78.7 Å². The van der Waals surface area contributed by atoms with Gasteiger partial charge in [0.05, 0.1) is 4.47 Å². The van der Waals surface area contributed by atoms with Crippen molar-refractivity contribution in [1.82, 2.24) is 5.32 Å². The van der Waals surface area contributed by atoms with Gasteiger partial charge in [0, 0.05) is 5.56 Å². The molecule has 106 valence electrons. The van der Waals surface area contributed by atoms with Crippen LogP contribution in [-0.2, 0) is 6.42 Å². The molecule has 0 radical (unpaired) electrons. The van der Waals surface area contributed by atoms with Crippen LogP contribution in [-0.4, -0.2) is 13.1 Å². The second kappa shape index (κ2) is 6.80. The summed E-state index contributed by atoms with van der Waals surface area (Å²) in [5.41, 5.74) is 0.236. The fraction of sp³-hybridized carbons (Fsp3) is 0.600. The smallest absolute Gasteiger partial charge is 0.143 e. The van der Waals surface area contributed by atoms with Gasteiger partial charge in [0.25, 0.3) is 0 Å². The molecule has 1 saturated carbocycles. The Morgan fingerprint density at radius 2 is 2.00 bits per heavy atom. The van der Waals surface area contributed by atoms with Gasteiger partial charge in [-0.3, -0.25) is 0 Å². The minimum absolute atomic E-state index is 0.236. The zero-order chi connectivity index (χ0) is 13.8. The van der Waals surface area contributed by atoms with Gasteiger partial charge in [-0.15, -0.1) is 0 Å². The SMILES string of the molecule is CCCNCC1CCC1Cc1c(F)ccc(Br)c1F. The molecule has 0 aliphatic heterocycles. The summed E-state index contributed by atoms with van der Waals surface area (Å²) >= 11 is 3.12. The van der Waals surface area contributed by atoms with Gasteiger partial charge in [-0.1, -0.05) is 6.92 Å². The van der Waals surface area contributed by atoms with E-state index in [0.29, 0.717) is 22.7 Å². The lowest BCUT2D eigenvalue weighted by Crippen LogP contribution is -2.37. The van der Waals surface area contributed by atoms with E-state index in [9.17, 15) is 8.78 Å². The molecule has 2 atom stereocenters. The lowest BCUT2D eigenvalue weighted by molar-refractivity contribution is 0.168. The van der Waals surface area contributed by atoms with Crippen LogP contribution in [0, 0.1) is 23.5 Å². The van der Waals surface area contributed by atoms with Crippen LogP contribution in [0.15, 0.2) is 16.6 Å².